The molecule has 1 saturated carbocycles. The van der Waals surface area contributed by atoms with Crippen LogP contribution in [0.5, 0.6) is 0 Å². The highest BCUT2D eigenvalue weighted by Crippen LogP contribution is 2.32. The van der Waals surface area contributed by atoms with Gasteiger partial charge in [0.1, 0.15) is 0 Å². The van der Waals surface area contributed by atoms with E-state index in [1.807, 2.05) is 26.0 Å². The number of hydrogen-bond donors (Lipinski definition) is 1. The average molecular weight is 449 g/mol. The minimum Gasteiger partial charge on any atom is -0.452 e. The topological polar surface area (TPSA) is 92.8 Å². The zero-order chi connectivity index (χ0) is 23.7. The van der Waals surface area contributed by atoms with Crippen molar-refractivity contribution >= 4 is 29.4 Å². The number of imide groups is 1. The molecule has 0 bridgehead atoms. The average Bonchev–Trinajstić information content (AvgIpc) is 3.05. The van der Waals surface area contributed by atoms with Gasteiger partial charge in [-0.1, -0.05) is 19.1 Å². The van der Waals surface area contributed by atoms with Crippen molar-refractivity contribution in [2.45, 2.75) is 52.5 Å². The van der Waals surface area contributed by atoms with E-state index in [4.69, 9.17) is 4.74 Å². The van der Waals surface area contributed by atoms with Crippen molar-refractivity contribution in [1.29, 1.82) is 0 Å². The van der Waals surface area contributed by atoms with E-state index in [1.165, 1.54) is 18.2 Å². The molecule has 3 amide bonds. The van der Waals surface area contributed by atoms with Crippen LogP contribution in [0.2, 0.25) is 0 Å². The Kier molecular flexibility index (Phi) is 6.31. The van der Waals surface area contributed by atoms with Crippen molar-refractivity contribution in [3.05, 3.63) is 64.2 Å². The number of anilines is 1. The van der Waals surface area contributed by atoms with Gasteiger partial charge in [-0.2, -0.15) is 0 Å². The van der Waals surface area contributed by atoms with E-state index in [2.05, 4.69) is 12.2 Å². The van der Waals surface area contributed by atoms with Crippen LogP contribution in [0.4, 0.5) is 5.69 Å². The Bertz CT molecular complexity index is 1130. The number of esters is 1. The zero-order valence-corrected chi connectivity index (χ0v) is 19.1. The molecule has 0 aromatic heterocycles. The molecule has 2 aromatic rings. The monoisotopic (exact) mass is 448 g/mol. The summed E-state index contributed by atoms with van der Waals surface area (Å²) < 4.78 is 5.16. The van der Waals surface area contributed by atoms with Crippen LogP contribution in [0.25, 0.3) is 0 Å². The third-order valence-electron chi connectivity index (χ3n) is 6.44. The van der Waals surface area contributed by atoms with Crippen LogP contribution in [0, 0.1) is 19.8 Å². The highest BCUT2D eigenvalue weighted by molar-refractivity contribution is 6.35. The first-order valence-electron chi connectivity index (χ1n) is 11.3. The van der Waals surface area contributed by atoms with Crippen molar-refractivity contribution in [3.8, 4) is 0 Å². The maximum absolute atomic E-state index is 13.0. The molecular weight excluding hydrogens is 420 g/mol. The number of nitrogens with one attached hydrogen (secondary N) is 1. The lowest BCUT2D eigenvalue weighted by atomic mass is 9.87. The number of carbonyl (C=O) groups excluding carboxylic acids is 4. The van der Waals surface area contributed by atoms with Gasteiger partial charge >= 0.3 is 5.97 Å². The second-order valence-electron chi connectivity index (χ2n) is 9.10. The molecule has 172 valence electrons. The van der Waals surface area contributed by atoms with E-state index in [-0.39, 0.29) is 35.2 Å². The fraction of sp³-hybridized carbons (Fsp3) is 0.385. The number of fused-ring (bicyclic) bond motifs is 1. The molecule has 0 atom stereocenters. The Balaban J connectivity index is 1.43. The van der Waals surface area contributed by atoms with Crippen LogP contribution in [0.1, 0.15) is 74.8 Å². The number of amides is 3. The minimum absolute atomic E-state index is 0.118. The van der Waals surface area contributed by atoms with E-state index < -0.39 is 17.8 Å². The smallest absolute Gasteiger partial charge is 0.338 e. The number of ether oxygens (including phenoxy) is 1. The molecule has 0 spiro atoms. The van der Waals surface area contributed by atoms with Crippen molar-refractivity contribution in [1.82, 2.24) is 5.32 Å². The van der Waals surface area contributed by atoms with Gasteiger partial charge in [0.05, 0.1) is 22.4 Å². The van der Waals surface area contributed by atoms with Gasteiger partial charge in [0.25, 0.3) is 17.7 Å². The molecule has 33 heavy (non-hydrogen) atoms. The van der Waals surface area contributed by atoms with Crippen molar-refractivity contribution < 1.29 is 23.9 Å². The molecule has 7 nitrogen and oxygen atoms in total. The van der Waals surface area contributed by atoms with Crippen molar-refractivity contribution in [3.63, 3.8) is 0 Å². The summed E-state index contributed by atoms with van der Waals surface area (Å²) in [6.45, 7) is 5.54. The number of rotatable bonds is 5. The first-order chi connectivity index (χ1) is 15.7. The largest absolute Gasteiger partial charge is 0.452 e. The van der Waals surface area contributed by atoms with Gasteiger partial charge in [0, 0.05) is 6.04 Å². The van der Waals surface area contributed by atoms with Gasteiger partial charge in [-0.05, 0) is 80.8 Å². The van der Waals surface area contributed by atoms with Crippen LogP contribution in [0.15, 0.2) is 36.4 Å². The molecule has 4 rings (SSSR count). The summed E-state index contributed by atoms with van der Waals surface area (Å²) in [5, 5.41) is 2.91. The van der Waals surface area contributed by atoms with Gasteiger partial charge in [-0.15, -0.1) is 0 Å². The maximum atomic E-state index is 13.0. The molecule has 0 unspecified atom stereocenters. The number of carbonyl (C=O) groups is 4. The molecule has 1 heterocycles. The van der Waals surface area contributed by atoms with E-state index in [1.54, 1.807) is 6.07 Å². The highest BCUT2D eigenvalue weighted by atomic mass is 16.5. The predicted molar refractivity (Wildman–Crippen MR) is 123 cm³/mol. The van der Waals surface area contributed by atoms with E-state index in [0.717, 1.165) is 41.7 Å². The number of benzene rings is 2. The summed E-state index contributed by atoms with van der Waals surface area (Å²) in [7, 11) is 0. The Morgan fingerprint density at radius 1 is 0.970 bits per heavy atom. The summed E-state index contributed by atoms with van der Waals surface area (Å²) in [5.74, 6) is -1.28. The van der Waals surface area contributed by atoms with Gasteiger partial charge in [0.15, 0.2) is 6.61 Å². The lowest BCUT2D eigenvalue weighted by Crippen LogP contribution is -2.39. The van der Waals surface area contributed by atoms with Crippen molar-refractivity contribution in [2.24, 2.45) is 5.92 Å². The maximum Gasteiger partial charge on any atom is 0.338 e. The van der Waals surface area contributed by atoms with Crippen LogP contribution >= 0.6 is 0 Å². The van der Waals surface area contributed by atoms with Gasteiger partial charge in [0.2, 0.25) is 0 Å². The normalized spacial score (nSPS) is 19.9. The van der Waals surface area contributed by atoms with E-state index >= 15 is 0 Å². The van der Waals surface area contributed by atoms with E-state index in [9.17, 15) is 19.2 Å². The molecule has 1 N–H and O–H groups in total. The predicted octanol–water partition coefficient (Wildman–Crippen LogP) is 3.96. The molecule has 1 aliphatic heterocycles. The fourth-order valence-corrected chi connectivity index (χ4v) is 4.44. The van der Waals surface area contributed by atoms with Crippen LogP contribution in [0.3, 0.4) is 0 Å². The third-order valence-corrected chi connectivity index (χ3v) is 6.44. The molecule has 1 aliphatic carbocycles. The molecule has 0 saturated heterocycles. The first kappa shape index (κ1) is 22.7. The molecular formula is C26H28N2O5. The Morgan fingerprint density at radius 3 is 2.39 bits per heavy atom. The molecule has 0 radical (unpaired) electrons. The highest BCUT2D eigenvalue weighted by Gasteiger charge is 2.38. The van der Waals surface area contributed by atoms with Gasteiger partial charge in [-0.3, -0.25) is 14.4 Å². The molecule has 2 aliphatic rings. The summed E-state index contributed by atoms with van der Waals surface area (Å²) in [5.41, 5.74) is 2.76. The third kappa shape index (κ3) is 4.67. The minimum atomic E-state index is -0.712. The first-order valence-corrected chi connectivity index (χ1v) is 11.3. The lowest BCUT2D eigenvalue weighted by Gasteiger charge is -2.26. The van der Waals surface area contributed by atoms with Crippen LogP contribution in [-0.2, 0) is 9.53 Å². The lowest BCUT2D eigenvalue weighted by molar-refractivity contribution is -0.125. The number of nitrogens with zero attached hydrogens (tertiary/aromatic N) is 1. The van der Waals surface area contributed by atoms with Gasteiger partial charge < -0.3 is 10.1 Å². The quantitative estimate of drug-likeness (QED) is 0.552. The van der Waals surface area contributed by atoms with Gasteiger partial charge in [-0.25, -0.2) is 9.69 Å². The Morgan fingerprint density at radius 2 is 1.67 bits per heavy atom. The number of hydrogen-bond acceptors (Lipinski definition) is 5. The fourth-order valence-electron chi connectivity index (χ4n) is 4.44. The Labute approximate surface area is 193 Å². The van der Waals surface area contributed by atoms with Crippen LogP contribution < -0.4 is 10.2 Å². The SMILES string of the molecule is Cc1ccc(C)c(N2C(=O)c3ccc(C(=O)OCC(=O)NC4CCC(C)CC4)cc3C2=O)c1. The summed E-state index contributed by atoms with van der Waals surface area (Å²) in [6.07, 6.45) is 4.01. The van der Waals surface area contributed by atoms with Crippen LogP contribution in [-0.4, -0.2) is 36.3 Å². The summed E-state index contributed by atoms with van der Waals surface area (Å²) in [4.78, 5) is 51.8. The number of aryl methyl sites for hydroxylation is 2. The van der Waals surface area contributed by atoms with E-state index in [0.29, 0.717) is 11.6 Å². The Hall–Kier alpha value is -3.48. The second kappa shape index (κ2) is 9.17. The molecule has 1 fully saturated rings. The molecule has 7 heteroatoms. The molecule has 2 aromatic carbocycles. The standard InChI is InChI=1S/C26H28N2O5/c1-15-5-9-19(10-6-15)27-23(29)14-33-26(32)18-8-11-20-21(13-18)25(31)28(24(20)30)22-12-16(2)4-7-17(22)3/h4,7-8,11-13,15,19H,5-6,9-10,14H2,1-3H3,(H,27,29). The summed E-state index contributed by atoms with van der Waals surface area (Å²) >= 11 is 0. The summed E-state index contributed by atoms with van der Waals surface area (Å²) in [6, 6.07) is 9.94. The zero-order valence-electron chi connectivity index (χ0n) is 19.1. The second-order valence-corrected chi connectivity index (χ2v) is 9.10. The van der Waals surface area contributed by atoms with Crippen molar-refractivity contribution in [2.75, 3.05) is 11.5 Å².